The Kier molecular flexibility index (Phi) is 5.42. The number of hydrogen-bond donors (Lipinski definition) is 0. The predicted molar refractivity (Wildman–Crippen MR) is 90.4 cm³/mol. The molecule has 0 aromatic heterocycles. The van der Waals surface area contributed by atoms with Crippen LogP contribution in [0.15, 0.2) is 42.5 Å². The van der Waals surface area contributed by atoms with Crippen molar-refractivity contribution in [2.75, 3.05) is 6.61 Å². The molecule has 134 valence electrons. The van der Waals surface area contributed by atoms with Crippen molar-refractivity contribution in [3.63, 3.8) is 0 Å². The molecular weight excluding hydrogens is 353 g/mol. The van der Waals surface area contributed by atoms with E-state index in [0.29, 0.717) is 24.0 Å². The summed E-state index contributed by atoms with van der Waals surface area (Å²) < 4.78 is 50.1. The van der Waals surface area contributed by atoms with Crippen LogP contribution in [0.5, 0.6) is 17.2 Å². The van der Waals surface area contributed by atoms with E-state index in [2.05, 4.69) is 0 Å². The molecule has 6 heteroatoms. The first-order valence-corrected chi connectivity index (χ1v) is 8.57. The van der Waals surface area contributed by atoms with E-state index in [1.807, 2.05) is 6.07 Å². The predicted octanol–water partition coefficient (Wildman–Crippen LogP) is 6.72. The lowest BCUT2D eigenvalue weighted by Crippen LogP contribution is -2.08. The Bertz CT molecular complexity index is 725. The molecule has 0 amide bonds. The molecule has 0 spiro atoms. The maximum atomic E-state index is 12.9. The van der Waals surface area contributed by atoms with Gasteiger partial charge in [-0.2, -0.15) is 13.2 Å². The molecule has 2 nitrogen and oxygen atoms in total. The Balaban J connectivity index is 1.69. The minimum Gasteiger partial charge on any atom is -0.493 e. The van der Waals surface area contributed by atoms with Crippen LogP contribution in [0, 0.1) is 5.92 Å². The molecule has 0 bridgehead atoms. The quantitative estimate of drug-likeness (QED) is 0.581. The Morgan fingerprint density at radius 3 is 2.36 bits per heavy atom. The number of ether oxygens (including phenoxy) is 2. The zero-order valence-corrected chi connectivity index (χ0v) is 14.2. The van der Waals surface area contributed by atoms with Crippen LogP contribution in [0.2, 0.25) is 5.02 Å². The van der Waals surface area contributed by atoms with Crippen molar-refractivity contribution in [3.05, 3.63) is 53.1 Å². The molecule has 3 rings (SSSR count). The zero-order chi connectivity index (χ0) is 17.9. The van der Waals surface area contributed by atoms with Gasteiger partial charge in [0.2, 0.25) is 0 Å². The van der Waals surface area contributed by atoms with E-state index < -0.39 is 11.7 Å². The molecule has 0 atom stereocenters. The third-order valence-corrected chi connectivity index (χ3v) is 4.57. The fourth-order valence-electron chi connectivity index (χ4n) is 2.94. The number of halogens is 4. The summed E-state index contributed by atoms with van der Waals surface area (Å²) in [7, 11) is 0. The van der Waals surface area contributed by atoms with E-state index in [-0.39, 0.29) is 10.8 Å². The van der Waals surface area contributed by atoms with Gasteiger partial charge in [0, 0.05) is 6.07 Å². The van der Waals surface area contributed by atoms with Crippen LogP contribution in [0.1, 0.15) is 31.2 Å². The molecule has 0 saturated heterocycles. The Morgan fingerprint density at radius 1 is 0.960 bits per heavy atom. The third kappa shape index (κ3) is 4.82. The summed E-state index contributed by atoms with van der Waals surface area (Å²) in [5.74, 6) is 1.72. The van der Waals surface area contributed by atoms with Crippen LogP contribution in [-0.2, 0) is 6.18 Å². The van der Waals surface area contributed by atoms with E-state index >= 15 is 0 Å². The average molecular weight is 371 g/mol. The van der Waals surface area contributed by atoms with Crippen molar-refractivity contribution in [2.24, 2.45) is 5.92 Å². The monoisotopic (exact) mass is 370 g/mol. The van der Waals surface area contributed by atoms with Gasteiger partial charge in [0.05, 0.1) is 17.2 Å². The number of hydrogen-bond acceptors (Lipinski definition) is 2. The van der Waals surface area contributed by atoms with Gasteiger partial charge in [-0.05, 0) is 49.1 Å². The van der Waals surface area contributed by atoms with Crippen LogP contribution in [0.25, 0.3) is 0 Å². The van der Waals surface area contributed by atoms with Crippen molar-refractivity contribution in [3.8, 4) is 17.2 Å². The highest BCUT2D eigenvalue weighted by Crippen LogP contribution is 2.38. The molecule has 1 aliphatic rings. The standard InChI is InChI=1S/C19H18ClF3O2/c20-18-9-8-16(11-17(18)19(21,22)23)25-15-7-3-6-14(10-15)24-12-13-4-1-2-5-13/h3,6-11,13H,1-2,4-5,12H2. The molecule has 1 fully saturated rings. The summed E-state index contributed by atoms with van der Waals surface area (Å²) in [6.45, 7) is 0.655. The highest BCUT2D eigenvalue weighted by Gasteiger charge is 2.33. The molecule has 2 aromatic carbocycles. The van der Waals surface area contributed by atoms with Crippen LogP contribution in [0.4, 0.5) is 13.2 Å². The average Bonchev–Trinajstić information content (AvgIpc) is 3.08. The smallest absolute Gasteiger partial charge is 0.417 e. The number of alkyl halides is 3. The van der Waals surface area contributed by atoms with Gasteiger partial charge in [0.25, 0.3) is 0 Å². The first kappa shape index (κ1) is 17.9. The molecule has 0 heterocycles. The minimum absolute atomic E-state index is 0.0738. The fourth-order valence-corrected chi connectivity index (χ4v) is 3.16. The zero-order valence-electron chi connectivity index (χ0n) is 13.5. The van der Waals surface area contributed by atoms with E-state index in [9.17, 15) is 13.2 Å². The van der Waals surface area contributed by atoms with Gasteiger partial charge in [-0.1, -0.05) is 30.5 Å². The second-order valence-electron chi connectivity index (χ2n) is 6.18. The van der Waals surface area contributed by atoms with Crippen molar-refractivity contribution < 1.29 is 22.6 Å². The first-order chi connectivity index (χ1) is 11.9. The second kappa shape index (κ2) is 7.56. The third-order valence-electron chi connectivity index (χ3n) is 4.24. The second-order valence-corrected chi connectivity index (χ2v) is 6.59. The van der Waals surface area contributed by atoms with Crippen molar-refractivity contribution >= 4 is 11.6 Å². The molecule has 0 unspecified atom stereocenters. The SMILES string of the molecule is FC(F)(F)c1cc(Oc2cccc(OCC3CCCC3)c2)ccc1Cl. The van der Waals surface area contributed by atoms with Gasteiger partial charge < -0.3 is 9.47 Å². The maximum absolute atomic E-state index is 12.9. The molecule has 0 N–H and O–H groups in total. The topological polar surface area (TPSA) is 18.5 Å². The van der Waals surface area contributed by atoms with Crippen molar-refractivity contribution in [1.82, 2.24) is 0 Å². The summed E-state index contributed by atoms with van der Waals surface area (Å²) in [6.07, 6.45) is 0.329. The van der Waals surface area contributed by atoms with Crippen molar-refractivity contribution in [2.45, 2.75) is 31.9 Å². The molecular formula is C19H18ClF3O2. The number of rotatable bonds is 5. The highest BCUT2D eigenvalue weighted by molar-refractivity contribution is 6.31. The van der Waals surface area contributed by atoms with Crippen LogP contribution < -0.4 is 9.47 Å². The Hall–Kier alpha value is -1.88. The summed E-state index contributed by atoms with van der Waals surface area (Å²) in [5.41, 5.74) is -0.916. The summed E-state index contributed by atoms with van der Waals surface area (Å²) >= 11 is 5.62. The normalized spacial score (nSPS) is 15.4. The minimum atomic E-state index is -4.53. The van der Waals surface area contributed by atoms with Gasteiger partial charge in [-0.25, -0.2) is 0 Å². The van der Waals surface area contributed by atoms with Gasteiger partial charge in [-0.15, -0.1) is 0 Å². The lowest BCUT2D eigenvalue weighted by molar-refractivity contribution is -0.137. The van der Waals surface area contributed by atoms with E-state index in [1.165, 1.54) is 37.8 Å². The van der Waals surface area contributed by atoms with Crippen LogP contribution in [0.3, 0.4) is 0 Å². The summed E-state index contributed by atoms with van der Waals surface area (Å²) in [5, 5.41) is -0.353. The van der Waals surface area contributed by atoms with E-state index in [1.54, 1.807) is 18.2 Å². The molecule has 0 aliphatic heterocycles. The van der Waals surface area contributed by atoms with E-state index in [0.717, 1.165) is 6.07 Å². The Labute approximate surface area is 149 Å². The van der Waals surface area contributed by atoms with Gasteiger partial charge >= 0.3 is 6.18 Å². The summed E-state index contributed by atoms with van der Waals surface area (Å²) in [4.78, 5) is 0. The van der Waals surface area contributed by atoms with Crippen molar-refractivity contribution in [1.29, 1.82) is 0 Å². The molecule has 0 radical (unpaired) electrons. The van der Waals surface area contributed by atoms with Crippen LogP contribution >= 0.6 is 11.6 Å². The fraction of sp³-hybridized carbons (Fsp3) is 0.368. The molecule has 1 aliphatic carbocycles. The Morgan fingerprint density at radius 2 is 1.64 bits per heavy atom. The largest absolute Gasteiger partial charge is 0.493 e. The maximum Gasteiger partial charge on any atom is 0.417 e. The highest BCUT2D eigenvalue weighted by atomic mass is 35.5. The van der Waals surface area contributed by atoms with Gasteiger partial charge in [0.15, 0.2) is 0 Å². The van der Waals surface area contributed by atoms with Crippen LogP contribution in [-0.4, -0.2) is 6.61 Å². The lowest BCUT2D eigenvalue weighted by atomic mass is 10.1. The summed E-state index contributed by atoms with van der Waals surface area (Å²) in [6, 6.07) is 10.4. The van der Waals surface area contributed by atoms with Gasteiger partial charge in [0.1, 0.15) is 17.2 Å². The molecule has 25 heavy (non-hydrogen) atoms. The van der Waals surface area contributed by atoms with E-state index in [4.69, 9.17) is 21.1 Å². The van der Waals surface area contributed by atoms with Gasteiger partial charge in [-0.3, -0.25) is 0 Å². The lowest BCUT2D eigenvalue weighted by Gasteiger charge is -2.14. The molecule has 1 saturated carbocycles. The molecule has 2 aromatic rings. The first-order valence-electron chi connectivity index (χ1n) is 8.19. The number of benzene rings is 2.